The Morgan fingerprint density at radius 1 is 1.33 bits per heavy atom. The van der Waals surface area contributed by atoms with Crippen LogP contribution in [0, 0.1) is 16.0 Å². The average Bonchev–Trinajstić information content (AvgIpc) is 2.40. The molecule has 8 nitrogen and oxygen atoms in total. The molecule has 0 aromatic heterocycles. The zero-order chi connectivity index (χ0) is 15.0. The summed E-state index contributed by atoms with van der Waals surface area (Å²) in [5.41, 5.74) is 0.402. The Kier molecular flexibility index (Phi) is 3.28. The summed E-state index contributed by atoms with van der Waals surface area (Å²) in [4.78, 5) is 23.2. The number of fused-ring (bicyclic) bond motifs is 1. The normalized spacial score (nSPS) is 17.2. The van der Waals surface area contributed by atoms with Crippen molar-refractivity contribution in [3.05, 3.63) is 22.2 Å². The number of hydrogen-bond acceptors (Lipinski definition) is 6. The topological polar surface area (TPSA) is 102 Å². The number of carboxylic acids is 1. The molecule has 0 unspecified atom stereocenters. The maximum atomic E-state index is 11.2. The fraction of sp³-hybridized carbons (Fsp3) is 0.462. The van der Waals surface area contributed by atoms with E-state index in [4.69, 9.17) is 14.6 Å². The summed E-state index contributed by atoms with van der Waals surface area (Å²) in [6, 6.07) is 2.97. The molecule has 8 heteroatoms. The molecule has 0 saturated carbocycles. The van der Waals surface area contributed by atoms with E-state index in [1.165, 1.54) is 6.07 Å². The Labute approximate surface area is 120 Å². The molecule has 0 aliphatic carbocycles. The Bertz CT molecular complexity index is 597. The maximum absolute atomic E-state index is 11.2. The van der Waals surface area contributed by atoms with Crippen molar-refractivity contribution >= 4 is 17.3 Å². The van der Waals surface area contributed by atoms with E-state index in [0.717, 1.165) is 0 Å². The molecule has 1 aromatic rings. The van der Waals surface area contributed by atoms with E-state index in [9.17, 15) is 14.9 Å². The number of anilines is 1. The molecule has 2 heterocycles. The predicted molar refractivity (Wildman–Crippen MR) is 72.0 cm³/mol. The molecule has 2 aliphatic rings. The molecular formula is C13H14N2O6. The summed E-state index contributed by atoms with van der Waals surface area (Å²) in [5.74, 6) is 0.0365. The number of benzene rings is 1. The molecular weight excluding hydrogens is 280 g/mol. The minimum absolute atomic E-state index is 0.0234. The van der Waals surface area contributed by atoms with E-state index in [-0.39, 0.29) is 18.0 Å². The highest BCUT2D eigenvalue weighted by Gasteiger charge is 2.34. The van der Waals surface area contributed by atoms with E-state index in [1.54, 1.807) is 11.0 Å². The largest absolute Gasteiger partial charge is 0.486 e. The third-order valence-corrected chi connectivity index (χ3v) is 3.60. The van der Waals surface area contributed by atoms with Crippen LogP contribution in [0.4, 0.5) is 11.4 Å². The molecule has 21 heavy (non-hydrogen) atoms. The van der Waals surface area contributed by atoms with Crippen LogP contribution in [0.25, 0.3) is 0 Å². The van der Waals surface area contributed by atoms with Gasteiger partial charge in [0.15, 0.2) is 11.5 Å². The van der Waals surface area contributed by atoms with Gasteiger partial charge in [0.25, 0.3) is 5.69 Å². The van der Waals surface area contributed by atoms with Crippen molar-refractivity contribution < 1.29 is 24.3 Å². The molecule has 2 aliphatic heterocycles. The van der Waals surface area contributed by atoms with Crippen molar-refractivity contribution in [3.63, 3.8) is 0 Å². The minimum atomic E-state index is -0.851. The van der Waals surface area contributed by atoms with Crippen molar-refractivity contribution in [2.24, 2.45) is 5.92 Å². The smallest absolute Gasteiger partial charge is 0.303 e. The van der Waals surface area contributed by atoms with Crippen LogP contribution in [-0.4, -0.2) is 42.3 Å². The fourth-order valence-electron chi connectivity index (χ4n) is 2.61. The molecule has 1 N–H and O–H groups in total. The number of ether oxygens (including phenoxy) is 2. The Morgan fingerprint density at radius 3 is 2.52 bits per heavy atom. The SMILES string of the molecule is O=C(O)CC1CN(c2cc3c(cc2[N+](=O)[O-])OCCO3)C1. The van der Waals surface area contributed by atoms with E-state index in [2.05, 4.69) is 0 Å². The van der Waals surface area contributed by atoms with Gasteiger partial charge in [-0.3, -0.25) is 14.9 Å². The van der Waals surface area contributed by atoms with Crippen molar-refractivity contribution in [2.75, 3.05) is 31.2 Å². The van der Waals surface area contributed by atoms with Crippen molar-refractivity contribution in [2.45, 2.75) is 6.42 Å². The fourth-order valence-corrected chi connectivity index (χ4v) is 2.61. The van der Waals surface area contributed by atoms with Crippen LogP contribution >= 0.6 is 0 Å². The molecule has 1 aromatic carbocycles. The van der Waals surface area contributed by atoms with Crippen LogP contribution in [0.1, 0.15) is 6.42 Å². The first kappa shape index (κ1) is 13.5. The molecule has 1 saturated heterocycles. The van der Waals surface area contributed by atoms with E-state index >= 15 is 0 Å². The summed E-state index contributed by atoms with van der Waals surface area (Å²) in [6.45, 7) is 1.76. The van der Waals surface area contributed by atoms with Gasteiger partial charge in [0.1, 0.15) is 18.9 Å². The summed E-state index contributed by atoms with van der Waals surface area (Å²) in [5, 5.41) is 19.9. The highest BCUT2D eigenvalue weighted by atomic mass is 16.6. The minimum Gasteiger partial charge on any atom is -0.486 e. The summed E-state index contributed by atoms with van der Waals surface area (Å²) in [7, 11) is 0. The second-order valence-electron chi connectivity index (χ2n) is 5.11. The van der Waals surface area contributed by atoms with Crippen molar-refractivity contribution in [1.29, 1.82) is 0 Å². The lowest BCUT2D eigenvalue weighted by atomic mass is 9.95. The number of hydrogen-bond donors (Lipinski definition) is 1. The van der Waals surface area contributed by atoms with Crippen LogP contribution < -0.4 is 14.4 Å². The third kappa shape index (κ3) is 2.56. The van der Waals surface area contributed by atoms with Gasteiger partial charge < -0.3 is 19.5 Å². The molecule has 1 fully saturated rings. The Balaban J connectivity index is 1.84. The lowest BCUT2D eigenvalue weighted by Gasteiger charge is -2.40. The average molecular weight is 294 g/mol. The van der Waals surface area contributed by atoms with Gasteiger partial charge in [0, 0.05) is 25.1 Å². The first-order chi connectivity index (χ1) is 10.0. The monoisotopic (exact) mass is 294 g/mol. The quantitative estimate of drug-likeness (QED) is 0.659. The van der Waals surface area contributed by atoms with Crippen LogP contribution in [0.15, 0.2) is 12.1 Å². The first-order valence-corrected chi connectivity index (χ1v) is 6.59. The van der Waals surface area contributed by atoms with Crippen LogP contribution in [0.5, 0.6) is 11.5 Å². The van der Waals surface area contributed by atoms with Gasteiger partial charge in [-0.25, -0.2) is 0 Å². The molecule has 0 amide bonds. The Morgan fingerprint density at radius 2 is 1.95 bits per heavy atom. The zero-order valence-electron chi connectivity index (χ0n) is 11.2. The van der Waals surface area contributed by atoms with Gasteiger partial charge in [-0.05, 0) is 0 Å². The van der Waals surface area contributed by atoms with Gasteiger partial charge in [-0.2, -0.15) is 0 Å². The molecule has 0 bridgehead atoms. The second-order valence-corrected chi connectivity index (χ2v) is 5.11. The first-order valence-electron chi connectivity index (χ1n) is 6.59. The molecule has 0 atom stereocenters. The second kappa shape index (κ2) is 5.12. The number of rotatable bonds is 4. The lowest BCUT2D eigenvalue weighted by molar-refractivity contribution is -0.384. The number of nitro groups is 1. The summed E-state index contributed by atoms with van der Waals surface area (Å²) in [6.07, 6.45) is 0.0782. The number of carbonyl (C=O) groups is 1. The van der Waals surface area contributed by atoms with Gasteiger partial charge in [-0.1, -0.05) is 0 Å². The highest BCUT2D eigenvalue weighted by Crippen LogP contribution is 2.43. The van der Waals surface area contributed by atoms with Crippen molar-refractivity contribution in [3.8, 4) is 11.5 Å². The molecule has 112 valence electrons. The molecule has 0 spiro atoms. The van der Waals surface area contributed by atoms with Gasteiger partial charge in [0.05, 0.1) is 17.4 Å². The summed E-state index contributed by atoms with van der Waals surface area (Å²) < 4.78 is 10.8. The number of nitrogens with zero attached hydrogens (tertiary/aromatic N) is 2. The standard InChI is InChI=1S/C13H14N2O6/c16-13(17)3-8-6-14(7-8)9-4-11-12(21-2-1-20-11)5-10(9)15(18)19/h4-5,8H,1-3,6-7H2,(H,16,17). The van der Waals surface area contributed by atoms with E-state index in [1.807, 2.05) is 0 Å². The maximum Gasteiger partial charge on any atom is 0.303 e. The Hall–Kier alpha value is -2.51. The van der Waals surface area contributed by atoms with Crippen LogP contribution in [-0.2, 0) is 4.79 Å². The summed E-state index contributed by atoms with van der Waals surface area (Å²) >= 11 is 0. The number of aliphatic carboxylic acids is 1. The van der Waals surface area contributed by atoms with Crippen molar-refractivity contribution in [1.82, 2.24) is 0 Å². The van der Waals surface area contributed by atoms with E-state index in [0.29, 0.717) is 43.5 Å². The van der Waals surface area contributed by atoms with Gasteiger partial charge in [-0.15, -0.1) is 0 Å². The van der Waals surface area contributed by atoms with Crippen LogP contribution in [0.3, 0.4) is 0 Å². The predicted octanol–water partition coefficient (Wildman–Crippen LogP) is 1.28. The number of nitro benzene ring substituents is 1. The zero-order valence-corrected chi connectivity index (χ0v) is 11.2. The van der Waals surface area contributed by atoms with Crippen LogP contribution in [0.2, 0.25) is 0 Å². The third-order valence-electron chi connectivity index (χ3n) is 3.60. The molecule has 0 radical (unpaired) electrons. The van der Waals surface area contributed by atoms with Gasteiger partial charge in [0.2, 0.25) is 0 Å². The highest BCUT2D eigenvalue weighted by molar-refractivity contribution is 5.72. The molecule has 3 rings (SSSR count). The van der Waals surface area contributed by atoms with Gasteiger partial charge >= 0.3 is 5.97 Å². The number of carboxylic acid groups (broad SMARTS) is 1. The van der Waals surface area contributed by atoms with E-state index < -0.39 is 10.9 Å². The lowest BCUT2D eigenvalue weighted by Crippen LogP contribution is -2.47.